The summed E-state index contributed by atoms with van der Waals surface area (Å²) in [5, 5.41) is 7.63. The lowest BCUT2D eigenvalue weighted by Crippen LogP contribution is -1.94. The zero-order valence-electron chi connectivity index (χ0n) is 8.81. The molecule has 0 unspecified atom stereocenters. The van der Waals surface area contributed by atoms with Crippen LogP contribution in [0.25, 0.3) is 11.5 Å². The minimum absolute atomic E-state index is 0.377. The van der Waals surface area contributed by atoms with E-state index >= 15 is 0 Å². The average molecular weight is 283 g/mol. The number of halogens is 1. The Morgan fingerprint density at radius 3 is 2.94 bits per heavy atom. The Balaban J connectivity index is 2.22. The van der Waals surface area contributed by atoms with Crippen LogP contribution in [0.1, 0.15) is 13.3 Å². The van der Waals surface area contributed by atoms with Gasteiger partial charge in [-0.1, -0.05) is 13.0 Å². The van der Waals surface area contributed by atoms with Crippen molar-refractivity contribution in [3.8, 4) is 17.2 Å². The van der Waals surface area contributed by atoms with Crippen molar-refractivity contribution in [3.63, 3.8) is 0 Å². The fourth-order valence-corrected chi connectivity index (χ4v) is 1.49. The van der Waals surface area contributed by atoms with E-state index in [1.807, 2.05) is 24.3 Å². The molecule has 1 heterocycles. The molecular formula is C11H11BrN2O2. The Hall–Kier alpha value is -1.36. The molecule has 5 heteroatoms. The highest BCUT2D eigenvalue weighted by Gasteiger charge is 2.07. The van der Waals surface area contributed by atoms with Crippen LogP contribution in [0.4, 0.5) is 0 Å². The van der Waals surface area contributed by atoms with E-state index in [1.54, 1.807) is 0 Å². The normalized spacial score (nSPS) is 10.4. The fraction of sp³-hybridized carbons (Fsp3) is 0.273. The lowest BCUT2D eigenvalue weighted by molar-refractivity contribution is 0.317. The summed E-state index contributed by atoms with van der Waals surface area (Å²) < 4.78 is 10.8. The van der Waals surface area contributed by atoms with Gasteiger partial charge in [-0.3, -0.25) is 0 Å². The predicted molar refractivity (Wildman–Crippen MR) is 63.2 cm³/mol. The van der Waals surface area contributed by atoms with E-state index in [-0.39, 0.29) is 0 Å². The highest BCUT2D eigenvalue weighted by atomic mass is 79.9. The van der Waals surface area contributed by atoms with E-state index < -0.39 is 0 Å². The monoisotopic (exact) mass is 282 g/mol. The summed E-state index contributed by atoms with van der Waals surface area (Å²) in [4.78, 5) is 0.377. The first kappa shape index (κ1) is 11.1. The first-order chi connectivity index (χ1) is 7.79. The second kappa shape index (κ2) is 5.12. The molecule has 84 valence electrons. The summed E-state index contributed by atoms with van der Waals surface area (Å²) in [7, 11) is 0. The molecule has 0 amide bonds. The molecule has 16 heavy (non-hydrogen) atoms. The maximum Gasteiger partial charge on any atom is 0.285 e. The Morgan fingerprint density at radius 2 is 2.25 bits per heavy atom. The third-order valence-electron chi connectivity index (χ3n) is 1.95. The van der Waals surface area contributed by atoms with Crippen LogP contribution in [-0.2, 0) is 0 Å². The Kier molecular flexibility index (Phi) is 3.56. The van der Waals surface area contributed by atoms with Gasteiger partial charge in [0.15, 0.2) is 0 Å². The molecule has 2 rings (SSSR count). The van der Waals surface area contributed by atoms with E-state index in [0.29, 0.717) is 17.3 Å². The summed E-state index contributed by atoms with van der Waals surface area (Å²) in [5.74, 6) is 1.29. The van der Waals surface area contributed by atoms with Gasteiger partial charge in [-0.05, 0) is 24.6 Å². The summed E-state index contributed by atoms with van der Waals surface area (Å²) in [6.45, 7) is 2.77. The van der Waals surface area contributed by atoms with Crippen molar-refractivity contribution in [2.75, 3.05) is 6.61 Å². The molecule has 4 nitrogen and oxygen atoms in total. The molecule has 0 aliphatic carbocycles. The predicted octanol–water partition coefficient (Wildman–Crippen LogP) is 3.29. The molecular weight excluding hydrogens is 272 g/mol. The molecule has 0 atom stereocenters. The standard InChI is InChI=1S/C11H11BrN2O2/c1-2-6-15-9-5-3-4-8(7-9)10-13-14-11(12)16-10/h3-5,7H,2,6H2,1H3. The zero-order chi connectivity index (χ0) is 11.4. The van der Waals surface area contributed by atoms with Crippen LogP contribution in [0.3, 0.4) is 0 Å². The topological polar surface area (TPSA) is 48.2 Å². The molecule has 1 aromatic carbocycles. The Labute approximate surface area is 102 Å². The Bertz CT molecular complexity index is 471. The van der Waals surface area contributed by atoms with Crippen LogP contribution < -0.4 is 4.74 Å². The molecule has 0 N–H and O–H groups in total. The first-order valence-corrected chi connectivity index (χ1v) is 5.81. The van der Waals surface area contributed by atoms with E-state index in [2.05, 4.69) is 33.1 Å². The smallest absolute Gasteiger partial charge is 0.285 e. The van der Waals surface area contributed by atoms with Gasteiger partial charge in [0.25, 0.3) is 4.80 Å². The molecule has 0 aliphatic rings. The van der Waals surface area contributed by atoms with E-state index in [9.17, 15) is 0 Å². The van der Waals surface area contributed by atoms with Gasteiger partial charge in [0.05, 0.1) is 6.61 Å². The van der Waals surface area contributed by atoms with Crippen LogP contribution in [0, 0.1) is 0 Å². The van der Waals surface area contributed by atoms with Crippen LogP contribution in [0.15, 0.2) is 33.5 Å². The van der Waals surface area contributed by atoms with Crippen molar-refractivity contribution in [2.24, 2.45) is 0 Å². The van der Waals surface area contributed by atoms with Gasteiger partial charge in [-0.25, -0.2) is 0 Å². The second-order valence-electron chi connectivity index (χ2n) is 3.24. The maximum absolute atomic E-state index is 5.52. The van der Waals surface area contributed by atoms with Crippen LogP contribution in [-0.4, -0.2) is 16.8 Å². The minimum Gasteiger partial charge on any atom is -0.494 e. The van der Waals surface area contributed by atoms with Crippen LogP contribution in [0.2, 0.25) is 0 Å². The van der Waals surface area contributed by atoms with Crippen LogP contribution >= 0.6 is 15.9 Å². The summed E-state index contributed by atoms with van der Waals surface area (Å²) in [6, 6.07) is 7.59. The van der Waals surface area contributed by atoms with Crippen molar-refractivity contribution in [1.29, 1.82) is 0 Å². The van der Waals surface area contributed by atoms with Gasteiger partial charge in [0.1, 0.15) is 5.75 Å². The van der Waals surface area contributed by atoms with Crippen molar-refractivity contribution in [1.82, 2.24) is 10.2 Å². The number of hydrogen-bond donors (Lipinski definition) is 0. The van der Waals surface area contributed by atoms with Gasteiger partial charge in [-0.15, -0.1) is 10.2 Å². The summed E-state index contributed by atoms with van der Waals surface area (Å²) in [5.41, 5.74) is 0.854. The van der Waals surface area contributed by atoms with Gasteiger partial charge in [0, 0.05) is 21.5 Å². The first-order valence-electron chi connectivity index (χ1n) is 5.02. The van der Waals surface area contributed by atoms with Crippen molar-refractivity contribution in [2.45, 2.75) is 13.3 Å². The average Bonchev–Trinajstić information content (AvgIpc) is 2.74. The number of aromatic nitrogens is 2. The second-order valence-corrected chi connectivity index (χ2v) is 3.91. The highest BCUT2D eigenvalue weighted by molar-refractivity contribution is 9.10. The minimum atomic E-state index is 0.377. The number of nitrogens with zero attached hydrogens (tertiary/aromatic N) is 2. The van der Waals surface area contributed by atoms with Gasteiger partial charge in [-0.2, -0.15) is 0 Å². The highest BCUT2D eigenvalue weighted by Crippen LogP contribution is 2.24. The van der Waals surface area contributed by atoms with E-state index in [0.717, 1.165) is 17.7 Å². The largest absolute Gasteiger partial charge is 0.494 e. The van der Waals surface area contributed by atoms with Crippen molar-refractivity contribution < 1.29 is 9.15 Å². The molecule has 0 aliphatic heterocycles. The van der Waals surface area contributed by atoms with E-state index in [1.165, 1.54) is 0 Å². The fourth-order valence-electron chi connectivity index (χ4n) is 1.26. The van der Waals surface area contributed by atoms with Gasteiger partial charge in [0.2, 0.25) is 5.89 Å². The zero-order valence-corrected chi connectivity index (χ0v) is 10.4. The molecule has 0 radical (unpaired) electrons. The SMILES string of the molecule is CCCOc1cccc(-c2nnc(Br)o2)c1. The molecule has 0 saturated heterocycles. The Morgan fingerprint density at radius 1 is 1.38 bits per heavy atom. The number of rotatable bonds is 4. The molecule has 0 fully saturated rings. The molecule has 2 aromatic rings. The third kappa shape index (κ3) is 2.61. The maximum atomic E-state index is 5.52. The van der Waals surface area contributed by atoms with Gasteiger partial charge < -0.3 is 9.15 Å². The van der Waals surface area contributed by atoms with Crippen LogP contribution in [0.5, 0.6) is 5.75 Å². The molecule has 0 saturated carbocycles. The lowest BCUT2D eigenvalue weighted by Gasteiger charge is -2.04. The van der Waals surface area contributed by atoms with Crippen molar-refractivity contribution >= 4 is 15.9 Å². The summed E-state index contributed by atoms with van der Waals surface area (Å²) >= 11 is 3.12. The third-order valence-corrected chi connectivity index (χ3v) is 2.27. The molecule has 0 bridgehead atoms. The van der Waals surface area contributed by atoms with Gasteiger partial charge >= 0.3 is 0 Å². The number of hydrogen-bond acceptors (Lipinski definition) is 4. The lowest BCUT2D eigenvalue weighted by atomic mass is 10.2. The number of benzene rings is 1. The van der Waals surface area contributed by atoms with Crippen molar-refractivity contribution in [3.05, 3.63) is 29.1 Å². The molecule has 0 spiro atoms. The number of ether oxygens (including phenoxy) is 1. The quantitative estimate of drug-likeness (QED) is 0.863. The van der Waals surface area contributed by atoms with E-state index in [4.69, 9.17) is 9.15 Å². The summed E-state index contributed by atoms with van der Waals surface area (Å²) in [6.07, 6.45) is 0.982. The molecule has 1 aromatic heterocycles.